The average Bonchev–Trinajstić information content (AvgIpc) is 2.91. The normalized spacial score (nSPS) is 18.5. The molecule has 2 heterocycles. The highest BCUT2D eigenvalue weighted by atomic mass is 16.5. The minimum atomic E-state index is -0.0810. The van der Waals surface area contributed by atoms with Gasteiger partial charge in [0.15, 0.2) is 18.0 Å². The molecule has 2 amide bonds. The molecule has 0 aromatic heterocycles. The molecule has 0 aliphatic carbocycles. The molecule has 0 spiro atoms. The molecule has 1 fully saturated rings. The number of amides is 2. The number of hydrogen-bond acceptors (Lipinski definition) is 4. The smallest absolute Gasteiger partial charge is 0.275 e. The van der Waals surface area contributed by atoms with Crippen LogP contribution in [0.1, 0.15) is 38.8 Å². The van der Waals surface area contributed by atoms with Crippen molar-refractivity contribution < 1.29 is 24.0 Å². The van der Waals surface area contributed by atoms with Crippen molar-refractivity contribution in [2.75, 3.05) is 45.9 Å². The number of nitrogens with one attached hydrogen (secondary N) is 2. The molecular formula is C21H32N3O4+. The van der Waals surface area contributed by atoms with E-state index >= 15 is 0 Å². The first kappa shape index (κ1) is 20.5. The van der Waals surface area contributed by atoms with Crippen molar-refractivity contribution >= 4 is 11.8 Å². The van der Waals surface area contributed by atoms with Crippen molar-refractivity contribution in [1.82, 2.24) is 10.2 Å². The van der Waals surface area contributed by atoms with Crippen LogP contribution in [0.25, 0.3) is 0 Å². The van der Waals surface area contributed by atoms with Crippen molar-refractivity contribution in [3.05, 3.63) is 23.8 Å². The molecule has 7 heteroatoms. The number of fused-ring (bicyclic) bond motifs is 1. The molecule has 7 nitrogen and oxygen atoms in total. The maximum atomic E-state index is 12.7. The highest BCUT2D eigenvalue weighted by molar-refractivity contribution is 5.77. The predicted octanol–water partition coefficient (Wildman–Crippen LogP) is 0.408. The van der Waals surface area contributed by atoms with Crippen LogP contribution < -0.4 is 19.7 Å². The Balaban J connectivity index is 1.61. The number of nitrogens with zero attached hydrogens (tertiary/aromatic N) is 1. The number of carbonyl (C=O) groups excluding carboxylic acids is 2. The van der Waals surface area contributed by atoms with Crippen molar-refractivity contribution in [1.29, 1.82) is 0 Å². The summed E-state index contributed by atoms with van der Waals surface area (Å²) in [5, 5.41) is 3.20. The zero-order valence-electron chi connectivity index (χ0n) is 17.1. The fourth-order valence-electron chi connectivity index (χ4n) is 3.77. The van der Waals surface area contributed by atoms with Gasteiger partial charge >= 0.3 is 0 Å². The SMILES string of the molecule is CC(=O)N1CC[NH+](CC(=O)N[C@H](c2ccc3c(c2)OCCCO3)C(C)C)CC1. The van der Waals surface area contributed by atoms with E-state index in [2.05, 4.69) is 19.2 Å². The van der Waals surface area contributed by atoms with Crippen LogP contribution in [0, 0.1) is 5.92 Å². The van der Waals surface area contributed by atoms with Crippen molar-refractivity contribution in [2.24, 2.45) is 5.92 Å². The predicted molar refractivity (Wildman–Crippen MR) is 106 cm³/mol. The summed E-state index contributed by atoms with van der Waals surface area (Å²) in [5.74, 6) is 1.91. The van der Waals surface area contributed by atoms with Crippen LogP contribution >= 0.6 is 0 Å². The number of hydrogen-bond donors (Lipinski definition) is 2. The molecule has 1 aromatic carbocycles. The van der Waals surface area contributed by atoms with Crippen LogP contribution in [0.4, 0.5) is 0 Å². The Kier molecular flexibility index (Phi) is 6.78. The summed E-state index contributed by atoms with van der Waals surface area (Å²) in [6, 6.07) is 5.85. The lowest BCUT2D eigenvalue weighted by Gasteiger charge is -2.32. The zero-order valence-corrected chi connectivity index (χ0v) is 17.1. The van der Waals surface area contributed by atoms with E-state index in [1.54, 1.807) is 6.92 Å². The molecule has 0 bridgehead atoms. The van der Waals surface area contributed by atoms with Gasteiger partial charge in [0, 0.05) is 13.3 Å². The number of carbonyl (C=O) groups is 2. The van der Waals surface area contributed by atoms with Crippen LogP contribution in [0.3, 0.4) is 0 Å². The molecule has 1 atom stereocenters. The average molecular weight is 391 g/mol. The van der Waals surface area contributed by atoms with Crippen LogP contribution in [0.5, 0.6) is 11.5 Å². The Labute approximate surface area is 167 Å². The van der Waals surface area contributed by atoms with Crippen molar-refractivity contribution in [2.45, 2.75) is 33.2 Å². The topological polar surface area (TPSA) is 72.3 Å². The number of ether oxygens (including phenoxy) is 2. The van der Waals surface area contributed by atoms with E-state index in [0.29, 0.717) is 32.8 Å². The molecule has 2 aliphatic rings. The molecular weight excluding hydrogens is 358 g/mol. The van der Waals surface area contributed by atoms with Crippen LogP contribution in [0.15, 0.2) is 18.2 Å². The van der Waals surface area contributed by atoms with E-state index < -0.39 is 0 Å². The summed E-state index contributed by atoms with van der Waals surface area (Å²) in [4.78, 5) is 27.2. The molecule has 2 aliphatic heterocycles. The monoisotopic (exact) mass is 390 g/mol. The van der Waals surface area contributed by atoms with E-state index in [1.807, 2.05) is 23.1 Å². The van der Waals surface area contributed by atoms with Gasteiger partial charge in [0.2, 0.25) is 5.91 Å². The summed E-state index contributed by atoms with van der Waals surface area (Å²) >= 11 is 0. The quantitative estimate of drug-likeness (QED) is 0.764. The number of rotatable bonds is 5. The van der Waals surface area contributed by atoms with Crippen LogP contribution in [-0.2, 0) is 9.59 Å². The minimum absolute atomic E-state index is 0.0390. The van der Waals surface area contributed by atoms with E-state index in [4.69, 9.17) is 9.47 Å². The fraction of sp³-hybridized carbons (Fsp3) is 0.619. The second-order valence-electron chi connectivity index (χ2n) is 7.98. The zero-order chi connectivity index (χ0) is 20.1. The number of piperazine rings is 1. The van der Waals surface area contributed by atoms with Gasteiger partial charge in [0.25, 0.3) is 5.91 Å². The van der Waals surface area contributed by atoms with Gasteiger partial charge in [0.05, 0.1) is 45.4 Å². The third kappa shape index (κ3) is 5.16. The lowest BCUT2D eigenvalue weighted by molar-refractivity contribution is -0.896. The van der Waals surface area contributed by atoms with Crippen molar-refractivity contribution in [3.8, 4) is 11.5 Å². The summed E-state index contributed by atoms with van der Waals surface area (Å²) in [6.07, 6.45) is 0.869. The summed E-state index contributed by atoms with van der Waals surface area (Å²) in [7, 11) is 0. The molecule has 0 radical (unpaired) electrons. The van der Waals surface area contributed by atoms with E-state index in [1.165, 1.54) is 4.90 Å². The first-order valence-corrected chi connectivity index (χ1v) is 10.2. The van der Waals surface area contributed by atoms with Crippen LogP contribution in [0.2, 0.25) is 0 Å². The first-order chi connectivity index (χ1) is 13.4. The van der Waals surface area contributed by atoms with Gasteiger partial charge in [-0.2, -0.15) is 0 Å². The van der Waals surface area contributed by atoms with Gasteiger partial charge < -0.3 is 24.6 Å². The van der Waals surface area contributed by atoms with Gasteiger partial charge in [-0.15, -0.1) is 0 Å². The Bertz CT molecular complexity index is 699. The Morgan fingerprint density at radius 2 is 1.82 bits per heavy atom. The van der Waals surface area contributed by atoms with Gasteiger partial charge in [-0.05, 0) is 23.6 Å². The second kappa shape index (κ2) is 9.28. The number of quaternary nitrogens is 1. The van der Waals surface area contributed by atoms with E-state index in [0.717, 1.165) is 36.6 Å². The first-order valence-electron chi connectivity index (χ1n) is 10.2. The lowest BCUT2D eigenvalue weighted by Crippen LogP contribution is -3.15. The maximum Gasteiger partial charge on any atom is 0.275 e. The lowest BCUT2D eigenvalue weighted by atomic mass is 9.95. The van der Waals surface area contributed by atoms with Crippen molar-refractivity contribution in [3.63, 3.8) is 0 Å². The fourth-order valence-corrected chi connectivity index (χ4v) is 3.77. The molecule has 2 N–H and O–H groups in total. The van der Waals surface area contributed by atoms with Crippen LogP contribution in [-0.4, -0.2) is 62.7 Å². The third-order valence-electron chi connectivity index (χ3n) is 5.44. The van der Waals surface area contributed by atoms with Gasteiger partial charge in [0.1, 0.15) is 0 Å². The Hall–Kier alpha value is -2.28. The Morgan fingerprint density at radius 3 is 2.46 bits per heavy atom. The molecule has 0 saturated carbocycles. The molecule has 1 aromatic rings. The largest absolute Gasteiger partial charge is 0.490 e. The summed E-state index contributed by atoms with van der Waals surface area (Å²) in [6.45, 7) is 10.6. The molecule has 154 valence electrons. The van der Waals surface area contributed by atoms with Gasteiger partial charge in [-0.25, -0.2) is 0 Å². The summed E-state index contributed by atoms with van der Waals surface area (Å²) < 4.78 is 11.5. The van der Waals surface area contributed by atoms with Gasteiger partial charge in [-0.3, -0.25) is 9.59 Å². The van der Waals surface area contributed by atoms with E-state index in [-0.39, 0.29) is 23.8 Å². The molecule has 3 rings (SSSR count). The minimum Gasteiger partial charge on any atom is -0.490 e. The molecule has 28 heavy (non-hydrogen) atoms. The maximum absolute atomic E-state index is 12.7. The standard InChI is InChI=1S/C21H31N3O4/c1-15(2)21(17-5-6-18-19(13-17)28-12-4-11-27-18)22-20(26)14-23-7-9-24(10-8-23)16(3)25/h5-6,13,15,21H,4,7-12,14H2,1-3H3,(H,22,26)/p+1/t21-/m0/s1. The Morgan fingerprint density at radius 1 is 1.14 bits per heavy atom. The van der Waals surface area contributed by atoms with E-state index in [9.17, 15) is 9.59 Å². The second-order valence-corrected chi connectivity index (χ2v) is 7.98. The number of benzene rings is 1. The highest BCUT2D eigenvalue weighted by Gasteiger charge is 2.26. The molecule has 1 saturated heterocycles. The van der Waals surface area contributed by atoms with Gasteiger partial charge in [-0.1, -0.05) is 19.9 Å². The third-order valence-corrected chi connectivity index (χ3v) is 5.44. The molecule has 0 unspecified atom stereocenters. The summed E-state index contributed by atoms with van der Waals surface area (Å²) in [5.41, 5.74) is 1.03. The highest BCUT2D eigenvalue weighted by Crippen LogP contribution is 2.34.